The van der Waals surface area contributed by atoms with Gasteiger partial charge in [0, 0.05) is 6.42 Å². The zero-order valence-electron chi connectivity index (χ0n) is 7.10. The van der Waals surface area contributed by atoms with Crippen LogP contribution in [0.2, 0.25) is 0 Å². The second-order valence-electron chi connectivity index (χ2n) is 2.73. The number of nitrogens with zero attached hydrogens (tertiary/aromatic N) is 1. The fourth-order valence-corrected chi connectivity index (χ4v) is 2.11. The minimum atomic E-state index is -3.97. The van der Waals surface area contributed by atoms with E-state index in [1.165, 1.54) is 0 Å². The highest BCUT2D eigenvalue weighted by Crippen LogP contribution is 2.45. The van der Waals surface area contributed by atoms with E-state index >= 15 is 0 Å². The van der Waals surface area contributed by atoms with Gasteiger partial charge in [0.2, 0.25) is 0 Å². The Hall–Kier alpha value is -0.360. The summed E-state index contributed by atoms with van der Waals surface area (Å²) in [6.07, 6.45) is 1.75. The third-order valence-electron chi connectivity index (χ3n) is 1.69. The van der Waals surface area contributed by atoms with Gasteiger partial charge in [-0.05, 0) is 12.8 Å². The molecule has 0 aromatic heterocycles. The summed E-state index contributed by atoms with van der Waals surface area (Å²) in [6, 6.07) is 1.89. The molecule has 0 spiro atoms. The van der Waals surface area contributed by atoms with E-state index in [9.17, 15) is 4.57 Å². The van der Waals surface area contributed by atoms with Crippen LogP contribution < -0.4 is 0 Å². The summed E-state index contributed by atoms with van der Waals surface area (Å²) in [7, 11) is -3.97. The lowest BCUT2D eigenvalue weighted by Crippen LogP contribution is -2.07. The van der Waals surface area contributed by atoms with Crippen LogP contribution in [0.15, 0.2) is 0 Å². The molecule has 4 nitrogen and oxygen atoms in total. The van der Waals surface area contributed by atoms with E-state index in [4.69, 9.17) is 15.0 Å². The fraction of sp³-hybridized carbons (Fsp3) is 0.857. The summed E-state index contributed by atoms with van der Waals surface area (Å²) in [5.74, 6) is 0. The Balaban J connectivity index is 4.06. The highest BCUT2D eigenvalue weighted by atomic mass is 31.2. The maximum absolute atomic E-state index is 10.8. The van der Waals surface area contributed by atoms with Gasteiger partial charge in [-0.25, -0.2) is 0 Å². The summed E-state index contributed by atoms with van der Waals surface area (Å²) in [4.78, 5) is 17.7. The summed E-state index contributed by atoms with van der Waals surface area (Å²) in [6.45, 7) is 1.87. The van der Waals surface area contributed by atoms with E-state index in [1.54, 1.807) is 0 Å². The predicted molar refractivity (Wildman–Crippen MR) is 45.6 cm³/mol. The Morgan fingerprint density at radius 1 is 1.50 bits per heavy atom. The monoisotopic (exact) mass is 191 g/mol. The van der Waals surface area contributed by atoms with Gasteiger partial charge >= 0.3 is 7.60 Å². The van der Waals surface area contributed by atoms with Crippen LogP contribution >= 0.6 is 7.60 Å². The topological polar surface area (TPSA) is 81.3 Å². The van der Waals surface area contributed by atoms with Gasteiger partial charge in [-0.2, -0.15) is 5.26 Å². The second-order valence-corrected chi connectivity index (χ2v) is 4.64. The maximum atomic E-state index is 10.8. The van der Waals surface area contributed by atoms with Gasteiger partial charge in [0.25, 0.3) is 0 Å². The van der Waals surface area contributed by atoms with Gasteiger partial charge in [-0.15, -0.1) is 0 Å². The van der Waals surface area contributed by atoms with Gasteiger partial charge < -0.3 is 9.79 Å². The summed E-state index contributed by atoms with van der Waals surface area (Å²) >= 11 is 0. The third-order valence-corrected chi connectivity index (χ3v) is 3.15. The van der Waals surface area contributed by atoms with Crippen LogP contribution in [0.25, 0.3) is 0 Å². The molecule has 1 unspecified atom stereocenters. The average Bonchev–Trinajstić information content (AvgIpc) is 1.95. The van der Waals surface area contributed by atoms with Gasteiger partial charge in [0.05, 0.1) is 11.7 Å². The standard InChI is InChI=1S/C7H14NO3P/c1-2-4-7(5-3-6-8)12(9,10)11/h7H,2-5H2,1H3,(H2,9,10,11). The first-order valence-corrected chi connectivity index (χ1v) is 5.62. The van der Waals surface area contributed by atoms with Crippen molar-refractivity contribution in [1.82, 2.24) is 0 Å². The second kappa shape index (κ2) is 5.31. The Bertz CT molecular complexity index is 205. The molecule has 1 atom stereocenters. The van der Waals surface area contributed by atoms with Crippen molar-refractivity contribution in [3.05, 3.63) is 0 Å². The van der Waals surface area contributed by atoms with Gasteiger partial charge in [-0.1, -0.05) is 13.3 Å². The van der Waals surface area contributed by atoms with Crippen molar-refractivity contribution in [3.63, 3.8) is 0 Å². The van der Waals surface area contributed by atoms with Crippen LogP contribution in [0.1, 0.15) is 32.6 Å². The van der Waals surface area contributed by atoms with Crippen molar-refractivity contribution >= 4 is 7.60 Å². The van der Waals surface area contributed by atoms with Crippen molar-refractivity contribution in [1.29, 1.82) is 5.26 Å². The Kier molecular flexibility index (Phi) is 5.16. The molecule has 0 bridgehead atoms. The maximum Gasteiger partial charge on any atom is 0.328 e. The molecule has 5 heteroatoms. The molecule has 0 fully saturated rings. The van der Waals surface area contributed by atoms with Crippen LogP contribution in [-0.2, 0) is 4.57 Å². The van der Waals surface area contributed by atoms with Crippen molar-refractivity contribution < 1.29 is 14.4 Å². The van der Waals surface area contributed by atoms with E-state index in [2.05, 4.69) is 0 Å². The van der Waals surface area contributed by atoms with Crippen LogP contribution in [0.4, 0.5) is 0 Å². The SMILES string of the molecule is CCCC(CCC#N)P(=O)(O)O. The number of nitriles is 1. The van der Waals surface area contributed by atoms with Crippen LogP contribution in [0, 0.1) is 11.3 Å². The molecule has 0 saturated heterocycles. The molecule has 0 aliphatic heterocycles. The number of rotatable bonds is 5. The average molecular weight is 191 g/mol. The lowest BCUT2D eigenvalue weighted by atomic mass is 10.1. The zero-order chi connectivity index (χ0) is 9.61. The minimum Gasteiger partial charge on any atom is -0.324 e. The molecule has 0 heterocycles. The Labute approximate surface area is 72.4 Å². The molecule has 0 aromatic rings. The summed E-state index contributed by atoms with van der Waals surface area (Å²) in [5.41, 5.74) is -0.623. The Morgan fingerprint density at radius 3 is 2.42 bits per heavy atom. The first kappa shape index (κ1) is 11.6. The molecular weight excluding hydrogens is 177 g/mol. The van der Waals surface area contributed by atoms with Gasteiger partial charge in [0.1, 0.15) is 0 Å². The fourth-order valence-electron chi connectivity index (χ4n) is 1.05. The molecule has 0 aromatic carbocycles. The van der Waals surface area contributed by atoms with E-state index in [0.717, 1.165) is 6.42 Å². The van der Waals surface area contributed by atoms with Crippen molar-refractivity contribution in [3.8, 4) is 6.07 Å². The molecular formula is C7H14NO3P. The first-order chi connectivity index (χ1) is 5.52. The third kappa shape index (κ3) is 4.50. The largest absolute Gasteiger partial charge is 0.328 e. The highest BCUT2D eigenvalue weighted by Gasteiger charge is 2.26. The van der Waals surface area contributed by atoms with E-state index < -0.39 is 13.3 Å². The van der Waals surface area contributed by atoms with E-state index in [0.29, 0.717) is 12.8 Å². The van der Waals surface area contributed by atoms with E-state index in [1.807, 2.05) is 13.0 Å². The first-order valence-electron chi connectivity index (χ1n) is 3.94. The highest BCUT2D eigenvalue weighted by molar-refractivity contribution is 7.52. The normalized spacial score (nSPS) is 13.8. The smallest absolute Gasteiger partial charge is 0.324 e. The van der Waals surface area contributed by atoms with Gasteiger partial charge in [0.15, 0.2) is 0 Å². The molecule has 2 N–H and O–H groups in total. The number of hydrogen-bond donors (Lipinski definition) is 2. The Morgan fingerprint density at radius 2 is 2.08 bits per heavy atom. The zero-order valence-corrected chi connectivity index (χ0v) is 8.00. The van der Waals surface area contributed by atoms with Crippen LogP contribution in [-0.4, -0.2) is 15.4 Å². The molecule has 0 rings (SSSR count). The lowest BCUT2D eigenvalue weighted by molar-refractivity contribution is 0.350. The summed E-state index contributed by atoms with van der Waals surface area (Å²) < 4.78 is 10.8. The molecule has 0 aliphatic carbocycles. The molecule has 0 aliphatic rings. The lowest BCUT2D eigenvalue weighted by Gasteiger charge is -2.15. The molecule has 0 saturated carbocycles. The quantitative estimate of drug-likeness (QED) is 0.647. The molecule has 0 radical (unpaired) electrons. The molecule has 70 valence electrons. The van der Waals surface area contributed by atoms with Gasteiger partial charge in [-0.3, -0.25) is 4.57 Å². The van der Waals surface area contributed by atoms with Crippen LogP contribution in [0.3, 0.4) is 0 Å². The van der Waals surface area contributed by atoms with Crippen molar-refractivity contribution in [2.24, 2.45) is 0 Å². The number of hydrogen-bond acceptors (Lipinski definition) is 2. The summed E-state index contributed by atoms with van der Waals surface area (Å²) in [5, 5.41) is 8.25. The van der Waals surface area contributed by atoms with Crippen LogP contribution in [0.5, 0.6) is 0 Å². The van der Waals surface area contributed by atoms with Crippen molar-refractivity contribution in [2.75, 3.05) is 0 Å². The minimum absolute atomic E-state index is 0.218. The predicted octanol–water partition coefficient (Wildman–Crippen LogP) is 1.64. The van der Waals surface area contributed by atoms with E-state index in [-0.39, 0.29) is 6.42 Å². The molecule has 0 amide bonds. The van der Waals surface area contributed by atoms with Crippen molar-refractivity contribution in [2.45, 2.75) is 38.3 Å². The molecule has 12 heavy (non-hydrogen) atoms.